The molecular formula is C22H39NO3. The van der Waals surface area contributed by atoms with E-state index in [2.05, 4.69) is 12.2 Å². The first-order valence-electron chi connectivity index (χ1n) is 11.3. The molecule has 4 nitrogen and oxygen atoms in total. The van der Waals surface area contributed by atoms with Crippen LogP contribution < -0.4 is 5.32 Å². The predicted molar refractivity (Wildman–Crippen MR) is 104 cm³/mol. The third-order valence-electron chi connectivity index (χ3n) is 7.32. The topological polar surface area (TPSA) is 58.6 Å². The lowest BCUT2D eigenvalue weighted by Crippen LogP contribution is -2.56. The van der Waals surface area contributed by atoms with Crippen molar-refractivity contribution < 1.29 is 14.6 Å². The Balaban J connectivity index is 1.63. The third kappa shape index (κ3) is 5.45. The van der Waals surface area contributed by atoms with Crippen LogP contribution in [0.2, 0.25) is 0 Å². The van der Waals surface area contributed by atoms with Crippen LogP contribution in [-0.2, 0) is 9.53 Å². The average molecular weight is 366 g/mol. The van der Waals surface area contributed by atoms with Gasteiger partial charge in [0.1, 0.15) is 12.8 Å². The molecule has 0 aromatic rings. The number of ether oxygens (including phenoxy) is 1. The van der Waals surface area contributed by atoms with Gasteiger partial charge in [0, 0.05) is 6.04 Å². The number of hydrogen-bond acceptors (Lipinski definition) is 3. The fraction of sp³-hybridized carbons (Fsp3) is 0.955. The van der Waals surface area contributed by atoms with Crippen LogP contribution in [0.3, 0.4) is 0 Å². The van der Waals surface area contributed by atoms with Crippen LogP contribution in [0, 0.1) is 23.7 Å². The number of unbranched alkanes of at least 4 members (excludes halogenated alkanes) is 2. The fourth-order valence-corrected chi connectivity index (χ4v) is 6.04. The zero-order valence-corrected chi connectivity index (χ0v) is 16.6. The third-order valence-corrected chi connectivity index (χ3v) is 7.32. The Morgan fingerprint density at radius 1 is 1.04 bits per heavy atom. The van der Waals surface area contributed by atoms with Crippen molar-refractivity contribution in [3.05, 3.63) is 0 Å². The van der Waals surface area contributed by atoms with E-state index in [1.807, 2.05) is 0 Å². The van der Waals surface area contributed by atoms with E-state index in [-0.39, 0.29) is 12.8 Å². The molecule has 0 spiro atoms. The molecule has 150 valence electrons. The SMILES string of the molecule is CCCCCC1CCC2NC(OCC(=O)O)CC(C3CCCCC3)C2C1. The number of nitrogens with one attached hydrogen (secondary N) is 1. The predicted octanol–water partition coefficient (Wildman–Crippen LogP) is 4.97. The first kappa shape index (κ1) is 20.1. The van der Waals surface area contributed by atoms with Crippen molar-refractivity contribution in [2.24, 2.45) is 23.7 Å². The summed E-state index contributed by atoms with van der Waals surface area (Å²) in [6.07, 6.45) is 17.3. The lowest BCUT2D eigenvalue weighted by atomic mass is 9.62. The van der Waals surface area contributed by atoms with Crippen molar-refractivity contribution in [3.8, 4) is 0 Å². The summed E-state index contributed by atoms with van der Waals surface area (Å²) in [6, 6.07) is 0.539. The molecule has 2 N–H and O–H groups in total. The molecule has 0 amide bonds. The van der Waals surface area contributed by atoms with Crippen molar-refractivity contribution >= 4 is 5.97 Å². The van der Waals surface area contributed by atoms with Gasteiger partial charge in [-0.15, -0.1) is 0 Å². The molecule has 3 fully saturated rings. The highest BCUT2D eigenvalue weighted by molar-refractivity contribution is 5.68. The van der Waals surface area contributed by atoms with Crippen LogP contribution in [0.1, 0.15) is 90.4 Å². The maximum Gasteiger partial charge on any atom is 0.329 e. The summed E-state index contributed by atoms with van der Waals surface area (Å²) in [7, 11) is 0. The van der Waals surface area contributed by atoms with Crippen molar-refractivity contribution in [1.29, 1.82) is 0 Å². The number of carboxylic acid groups (broad SMARTS) is 1. The number of carboxylic acids is 1. The summed E-state index contributed by atoms with van der Waals surface area (Å²) in [6.45, 7) is 2.12. The zero-order valence-electron chi connectivity index (χ0n) is 16.6. The minimum Gasteiger partial charge on any atom is -0.480 e. The van der Waals surface area contributed by atoms with Gasteiger partial charge in [-0.1, -0.05) is 64.7 Å². The number of hydrogen-bond donors (Lipinski definition) is 2. The number of piperidine rings is 1. The molecule has 5 atom stereocenters. The van der Waals surface area contributed by atoms with E-state index in [4.69, 9.17) is 9.84 Å². The number of rotatable bonds is 8. The number of aliphatic carboxylic acids is 1. The Labute approximate surface area is 159 Å². The molecule has 2 saturated carbocycles. The number of carbonyl (C=O) groups is 1. The van der Waals surface area contributed by atoms with Crippen LogP contribution in [0.15, 0.2) is 0 Å². The van der Waals surface area contributed by atoms with E-state index < -0.39 is 5.97 Å². The molecule has 0 bridgehead atoms. The highest BCUT2D eigenvalue weighted by Crippen LogP contribution is 2.47. The highest BCUT2D eigenvalue weighted by Gasteiger charge is 2.44. The molecule has 3 aliphatic rings. The summed E-state index contributed by atoms with van der Waals surface area (Å²) in [4.78, 5) is 10.9. The smallest absolute Gasteiger partial charge is 0.329 e. The van der Waals surface area contributed by atoms with Gasteiger partial charge in [-0.25, -0.2) is 4.79 Å². The van der Waals surface area contributed by atoms with Crippen LogP contribution >= 0.6 is 0 Å². The Kier molecular flexibility index (Phi) is 7.80. The summed E-state index contributed by atoms with van der Waals surface area (Å²) in [5.74, 6) is 2.40. The first-order valence-corrected chi connectivity index (χ1v) is 11.3. The van der Waals surface area contributed by atoms with E-state index in [0.29, 0.717) is 6.04 Å². The lowest BCUT2D eigenvalue weighted by Gasteiger charge is -2.50. The molecule has 0 radical (unpaired) electrons. The van der Waals surface area contributed by atoms with Gasteiger partial charge in [0.2, 0.25) is 0 Å². The van der Waals surface area contributed by atoms with E-state index in [1.165, 1.54) is 77.0 Å². The molecule has 1 aliphatic heterocycles. The second-order valence-corrected chi connectivity index (χ2v) is 9.10. The normalized spacial score (nSPS) is 35.8. The van der Waals surface area contributed by atoms with E-state index >= 15 is 0 Å². The zero-order chi connectivity index (χ0) is 18.4. The van der Waals surface area contributed by atoms with Crippen LogP contribution in [-0.4, -0.2) is 30.0 Å². The molecular weight excluding hydrogens is 326 g/mol. The molecule has 1 heterocycles. The molecule has 1 saturated heterocycles. The Morgan fingerprint density at radius 3 is 2.58 bits per heavy atom. The van der Waals surface area contributed by atoms with Gasteiger partial charge in [-0.3, -0.25) is 5.32 Å². The van der Waals surface area contributed by atoms with Crippen LogP contribution in [0.5, 0.6) is 0 Å². The molecule has 0 aromatic heterocycles. The van der Waals surface area contributed by atoms with E-state index in [9.17, 15) is 4.79 Å². The minimum absolute atomic E-state index is 0.0593. The highest BCUT2D eigenvalue weighted by atomic mass is 16.5. The Morgan fingerprint density at radius 2 is 1.85 bits per heavy atom. The van der Waals surface area contributed by atoms with Gasteiger partial charge in [-0.2, -0.15) is 0 Å². The van der Waals surface area contributed by atoms with Crippen molar-refractivity contribution in [2.75, 3.05) is 6.61 Å². The summed E-state index contributed by atoms with van der Waals surface area (Å²) in [5, 5.41) is 12.7. The van der Waals surface area contributed by atoms with Gasteiger partial charge in [0.05, 0.1) is 0 Å². The first-order chi connectivity index (χ1) is 12.7. The average Bonchev–Trinajstić information content (AvgIpc) is 2.66. The second kappa shape index (κ2) is 10.1. The number of fused-ring (bicyclic) bond motifs is 1. The van der Waals surface area contributed by atoms with E-state index in [1.54, 1.807) is 0 Å². The summed E-state index contributed by atoms with van der Waals surface area (Å²) >= 11 is 0. The van der Waals surface area contributed by atoms with Gasteiger partial charge in [-0.05, 0) is 49.4 Å². The Hall–Kier alpha value is -0.610. The Bertz CT molecular complexity index is 435. The molecule has 26 heavy (non-hydrogen) atoms. The molecule has 0 aromatic carbocycles. The van der Waals surface area contributed by atoms with Crippen LogP contribution in [0.25, 0.3) is 0 Å². The maximum atomic E-state index is 10.9. The maximum absolute atomic E-state index is 10.9. The van der Waals surface area contributed by atoms with Crippen molar-refractivity contribution in [2.45, 2.75) is 103 Å². The van der Waals surface area contributed by atoms with Gasteiger partial charge in [0.25, 0.3) is 0 Å². The summed E-state index contributed by atoms with van der Waals surface area (Å²) < 4.78 is 5.71. The molecule has 2 aliphatic carbocycles. The second-order valence-electron chi connectivity index (χ2n) is 9.10. The van der Waals surface area contributed by atoms with Gasteiger partial charge < -0.3 is 9.84 Å². The molecule has 4 heteroatoms. The van der Waals surface area contributed by atoms with Crippen molar-refractivity contribution in [3.63, 3.8) is 0 Å². The van der Waals surface area contributed by atoms with Crippen LogP contribution in [0.4, 0.5) is 0 Å². The minimum atomic E-state index is -0.859. The lowest BCUT2D eigenvalue weighted by molar-refractivity contribution is -0.148. The van der Waals surface area contributed by atoms with E-state index in [0.717, 1.165) is 30.1 Å². The monoisotopic (exact) mass is 365 g/mol. The molecule has 5 unspecified atom stereocenters. The molecule has 3 rings (SSSR count). The quantitative estimate of drug-likeness (QED) is 0.596. The van der Waals surface area contributed by atoms with Gasteiger partial charge >= 0.3 is 5.97 Å². The standard InChI is InChI=1S/C22H39NO3/c1-2-3-5-8-16-11-12-20-19(13-16)18(17-9-6-4-7-10-17)14-21(23-20)26-15-22(24)25/h16-21,23H,2-15H2,1H3,(H,24,25). The summed E-state index contributed by atoms with van der Waals surface area (Å²) in [5.41, 5.74) is 0. The largest absolute Gasteiger partial charge is 0.480 e. The fourth-order valence-electron chi connectivity index (χ4n) is 6.04. The van der Waals surface area contributed by atoms with Gasteiger partial charge in [0.15, 0.2) is 0 Å². The van der Waals surface area contributed by atoms with Crippen molar-refractivity contribution in [1.82, 2.24) is 5.32 Å².